The number of rotatable bonds is 5. The number of hydrogen-bond donors (Lipinski definition) is 0. The molecule has 1 heterocycles. The number of ketones is 1. The third-order valence-corrected chi connectivity index (χ3v) is 5.23. The van der Waals surface area contributed by atoms with Gasteiger partial charge >= 0.3 is 5.97 Å². The van der Waals surface area contributed by atoms with Gasteiger partial charge in [-0.25, -0.2) is 4.79 Å². The highest BCUT2D eigenvalue weighted by atomic mass is 35.5. The van der Waals surface area contributed by atoms with Crippen molar-refractivity contribution in [3.8, 4) is 0 Å². The molecule has 0 aromatic heterocycles. The number of carbonyl (C=O) groups excluding carboxylic acids is 3. The summed E-state index contributed by atoms with van der Waals surface area (Å²) < 4.78 is 5.12. The van der Waals surface area contributed by atoms with Crippen molar-refractivity contribution in [2.24, 2.45) is 5.92 Å². The van der Waals surface area contributed by atoms with Gasteiger partial charge in [0.1, 0.15) is 6.04 Å². The first-order chi connectivity index (χ1) is 11.1. The summed E-state index contributed by atoms with van der Waals surface area (Å²) in [5, 5.41) is 0.329. The van der Waals surface area contributed by atoms with Gasteiger partial charge in [-0.2, -0.15) is 0 Å². The second-order valence-electron chi connectivity index (χ2n) is 5.61. The van der Waals surface area contributed by atoms with Gasteiger partial charge in [0.15, 0.2) is 6.61 Å². The van der Waals surface area contributed by atoms with Crippen molar-refractivity contribution >= 4 is 41.0 Å². The Balaban J connectivity index is 1.57. The van der Waals surface area contributed by atoms with Gasteiger partial charge in [-0.3, -0.25) is 9.59 Å². The van der Waals surface area contributed by atoms with Gasteiger partial charge in [-0.15, -0.1) is 11.8 Å². The summed E-state index contributed by atoms with van der Waals surface area (Å²) in [7, 11) is 0. The molecular formula is C16H16ClNO4S. The van der Waals surface area contributed by atoms with E-state index < -0.39 is 12.0 Å². The number of hydrogen-bond acceptors (Lipinski definition) is 5. The smallest absolute Gasteiger partial charge is 0.330 e. The van der Waals surface area contributed by atoms with Crippen LogP contribution in [0.4, 0.5) is 0 Å². The van der Waals surface area contributed by atoms with E-state index in [1.165, 1.54) is 11.8 Å². The Morgan fingerprint density at radius 2 is 2.00 bits per heavy atom. The average molecular weight is 354 g/mol. The molecule has 2 fully saturated rings. The number of amides is 1. The third-order valence-electron chi connectivity index (χ3n) is 3.88. The van der Waals surface area contributed by atoms with Gasteiger partial charge in [0.25, 0.3) is 0 Å². The molecule has 1 atom stereocenters. The van der Waals surface area contributed by atoms with E-state index in [2.05, 4.69) is 0 Å². The number of carbonyl (C=O) groups is 3. The molecule has 0 N–H and O–H groups in total. The lowest BCUT2D eigenvalue weighted by atomic mass is 10.1. The first-order valence-corrected chi connectivity index (χ1v) is 8.94. The summed E-state index contributed by atoms with van der Waals surface area (Å²) in [6.45, 7) is -0.366. The van der Waals surface area contributed by atoms with E-state index >= 15 is 0 Å². The standard InChI is InChI=1S/C16H16ClNO4S/c17-12-4-2-1-3-11(12)14(19)7-22-16(21)13-8-23-9-18(13)15(20)10-5-6-10/h1-4,10,13H,5-9H2/t13-/m0/s1. The third kappa shape index (κ3) is 3.70. The Morgan fingerprint density at radius 3 is 2.70 bits per heavy atom. The first-order valence-electron chi connectivity index (χ1n) is 7.40. The molecule has 1 amide bonds. The Morgan fingerprint density at radius 1 is 1.26 bits per heavy atom. The predicted molar refractivity (Wildman–Crippen MR) is 87.4 cm³/mol. The van der Waals surface area contributed by atoms with E-state index in [-0.39, 0.29) is 24.2 Å². The van der Waals surface area contributed by atoms with E-state index in [0.717, 1.165) is 12.8 Å². The molecule has 1 aliphatic carbocycles. The number of Topliss-reactive ketones (excluding diaryl/α,β-unsaturated/α-hetero) is 1. The van der Waals surface area contributed by atoms with Crippen LogP contribution in [0.2, 0.25) is 5.02 Å². The Hall–Kier alpha value is -1.53. The lowest BCUT2D eigenvalue weighted by molar-refractivity contribution is -0.152. The maximum Gasteiger partial charge on any atom is 0.330 e. The van der Waals surface area contributed by atoms with Crippen molar-refractivity contribution in [3.05, 3.63) is 34.9 Å². The number of esters is 1. The van der Waals surface area contributed by atoms with E-state index in [9.17, 15) is 14.4 Å². The Bertz CT molecular complexity index is 647. The van der Waals surface area contributed by atoms with Crippen LogP contribution in [-0.4, -0.2) is 46.8 Å². The van der Waals surface area contributed by atoms with Gasteiger partial charge in [0.05, 0.1) is 10.9 Å². The number of ether oxygens (including phenoxy) is 1. The Kier molecular flexibility index (Phi) is 4.92. The van der Waals surface area contributed by atoms with E-state index in [1.807, 2.05) is 0 Å². The van der Waals surface area contributed by atoms with Crippen LogP contribution in [0.25, 0.3) is 0 Å². The minimum Gasteiger partial charge on any atom is -0.456 e. The van der Waals surface area contributed by atoms with Crippen LogP contribution < -0.4 is 0 Å². The van der Waals surface area contributed by atoms with Gasteiger partial charge in [0, 0.05) is 17.2 Å². The molecule has 3 rings (SSSR count). The minimum absolute atomic E-state index is 0.0226. The molecule has 0 spiro atoms. The number of halogens is 1. The Labute approximate surface area is 143 Å². The molecule has 122 valence electrons. The predicted octanol–water partition coefficient (Wildman–Crippen LogP) is 2.38. The molecule has 1 aromatic carbocycles. The molecule has 0 unspecified atom stereocenters. The van der Waals surface area contributed by atoms with E-state index in [0.29, 0.717) is 22.2 Å². The lowest BCUT2D eigenvalue weighted by Crippen LogP contribution is -2.43. The van der Waals surface area contributed by atoms with Crippen LogP contribution in [0, 0.1) is 5.92 Å². The van der Waals surface area contributed by atoms with Gasteiger partial charge in [-0.1, -0.05) is 23.7 Å². The maximum atomic E-state index is 12.2. The second kappa shape index (κ2) is 6.93. The highest BCUT2D eigenvalue weighted by Crippen LogP contribution is 2.34. The van der Waals surface area contributed by atoms with Crippen LogP contribution >= 0.6 is 23.4 Å². The molecule has 1 aliphatic heterocycles. The summed E-state index contributed by atoms with van der Waals surface area (Å²) >= 11 is 7.47. The topological polar surface area (TPSA) is 63.7 Å². The normalized spacial score (nSPS) is 20.4. The molecule has 0 radical (unpaired) electrons. The minimum atomic E-state index is -0.591. The monoisotopic (exact) mass is 353 g/mol. The highest BCUT2D eigenvalue weighted by Gasteiger charge is 2.42. The average Bonchev–Trinajstić information content (AvgIpc) is 3.28. The summed E-state index contributed by atoms with van der Waals surface area (Å²) in [5.74, 6) is 0.229. The van der Waals surface area contributed by atoms with Crippen molar-refractivity contribution in [3.63, 3.8) is 0 Å². The summed E-state index contributed by atoms with van der Waals surface area (Å²) in [6.07, 6.45) is 1.79. The van der Waals surface area contributed by atoms with Crippen molar-refractivity contribution in [1.29, 1.82) is 0 Å². The molecule has 0 bridgehead atoms. The van der Waals surface area contributed by atoms with Crippen LogP contribution in [0.1, 0.15) is 23.2 Å². The maximum absolute atomic E-state index is 12.2. The number of nitrogens with zero attached hydrogens (tertiary/aromatic N) is 1. The van der Waals surface area contributed by atoms with Crippen molar-refractivity contribution in [2.75, 3.05) is 18.2 Å². The number of benzene rings is 1. The lowest BCUT2D eigenvalue weighted by Gasteiger charge is -2.22. The SMILES string of the molecule is O=C(COC(=O)[C@@H]1CSCN1C(=O)C1CC1)c1ccccc1Cl. The van der Waals surface area contributed by atoms with Crippen molar-refractivity contribution < 1.29 is 19.1 Å². The van der Waals surface area contributed by atoms with Gasteiger partial charge < -0.3 is 9.64 Å². The summed E-state index contributed by atoms with van der Waals surface area (Å²) in [5.41, 5.74) is 0.327. The van der Waals surface area contributed by atoms with Crippen molar-refractivity contribution in [1.82, 2.24) is 4.90 Å². The number of thioether (sulfide) groups is 1. The molecule has 2 aliphatic rings. The van der Waals surface area contributed by atoms with Gasteiger partial charge in [0.2, 0.25) is 11.7 Å². The molecule has 7 heteroatoms. The quantitative estimate of drug-likeness (QED) is 0.600. The van der Waals surface area contributed by atoms with Crippen LogP contribution in [0.15, 0.2) is 24.3 Å². The summed E-state index contributed by atoms with van der Waals surface area (Å²) in [6, 6.07) is 6.03. The van der Waals surface area contributed by atoms with Gasteiger partial charge in [-0.05, 0) is 25.0 Å². The zero-order chi connectivity index (χ0) is 16.4. The van der Waals surface area contributed by atoms with E-state index in [1.54, 1.807) is 29.2 Å². The fourth-order valence-electron chi connectivity index (χ4n) is 2.42. The fourth-order valence-corrected chi connectivity index (χ4v) is 3.81. The zero-order valence-corrected chi connectivity index (χ0v) is 13.9. The largest absolute Gasteiger partial charge is 0.456 e. The molecule has 23 heavy (non-hydrogen) atoms. The summed E-state index contributed by atoms with van der Waals surface area (Å²) in [4.78, 5) is 38.0. The van der Waals surface area contributed by atoms with Crippen molar-refractivity contribution in [2.45, 2.75) is 18.9 Å². The molecular weight excluding hydrogens is 338 g/mol. The molecule has 1 saturated heterocycles. The molecule has 5 nitrogen and oxygen atoms in total. The zero-order valence-electron chi connectivity index (χ0n) is 12.4. The second-order valence-corrected chi connectivity index (χ2v) is 7.02. The van der Waals surface area contributed by atoms with E-state index in [4.69, 9.17) is 16.3 Å². The highest BCUT2D eigenvalue weighted by molar-refractivity contribution is 7.99. The molecule has 1 aromatic rings. The van der Waals surface area contributed by atoms with Crippen LogP contribution in [-0.2, 0) is 14.3 Å². The molecule has 1 saturated carbocycles. The van der Waals surface area contributed by atoms with Crippen LogP contribution in [0.3, 0.4) is 0 Å². The first kappa shape index (κ1) is 16.3. The van der Waals surface area contributed by atoms with Crippen LogP contribution in [0.5, 0.6) is 0 Å². The fraction of sp³-hybridized carbons (Fsp3) is 0.438.